The maximum absolute atomic E-state index is 14.7. The van der Waals surface area contributed by atoms with Gasteiger partial charge in [0.1, 0.15) is 18.2 Å². The third-order valence-corrected chi connectivity index (χ3v) is 6.87. The van der Waals surface area contributed by atoms with E-state index in [9.17, 15) is 18.0 Å². The summed E-state index contributed by atoms with van der Waals surface area (Å²) in [5.74, 6) is -5.29. The minimum Gasteiger partial charge on any atom is -0.497 e. The van der Waals surface area contributed by atoms with E-state index in [0.717, 1.165) is 0 Å². The first-order valence-electron chi connectivity index (χ1n) is 11.2. The van der Waals surface area contributed by atoms with Gasteiger partial charge in [0.05, 0.1) is 12.7 Å². The number of amides is 1. The van der Waals surface area contributed by atoms with Crippen LogP contribution in [0.1, 0.15) is 55.5 Å². The fourth-order valence-corrected chi connectivity index (χ4v) is 4.10. The van der Waals surface area contributed by atoms with Crippen LogP contribution in [0.4, 0.5) is 13.2 Å². The first-order chi connectivity index (χ1) is 16.5. The minimum absolute atomic E-state index is 0.158. The van der Waals surface area contributed by atoms with E-state index in [2.05, 4.69) is 10.5 Å². The summed E-state index contributed by atoms with van der Waals surface area (Å²) in [6, 6.07) is 7.23. The number of hydrogen-bond donors (Lipinski definition) is 3. The van der Waals surface area contributed by atoms with Crippen LogP contribution in [0.25, 0.3) is 0 Å². The summed E-state index contributed by atoms with van der Waals surface area (Å²) in [6.45, 7) is 3.83. The topological polar surface area (TPSA) is 106 Å². The second-order valence-corrected chi connectivity index (χ2v) is 9.54. The van der Waals surface area contributed by atoms with E-state index in [0.29, 0.717) is 43.1 Å². The lowest BCUT2D eigenvalue weighted by Gasteiger charge is -2.42. The number of amidine groups is 1. The standard InChI is InChI=1S/C25H30F3N3O4/c1-24(8-10-25(2,11-9-24)23(29)31-33)14-30-22(32)17-12-18(26)21(20(28)19(17)27)35-13-15-4-6-16(34-3)7-5-15/h4-7,12,33H,8-11,13-14H2,1-3H3,(H2,29,31)(H,30,32). The Bertz CT molecular complexity index is 1100. The maximum atomic E-state index is 14.7. The number of carbonyl (C=O) groups excluding carboxylic acids is 1. The van der Waals surface area contributed by atoms with Gasteiger partial charge in [-0.3, -0.25) is 4.79 Å². The van der Waals surface area contributed by atoms with Crippen LogP contribution in [-0.2, 0) is 6.61 Å². The highest BCUT2D eigenvalue weighted by Gasteiger charge is 2.40. The summed E-state index contributed by atoms with van der Waals surface area (Å²) in [5, 5.41) is 14.7. The quantitative estimate of drug-likeness (QED) is 0.162. The number of rotatable bonds is 8. The molecule has 1 fully saturated rings. The molecule has 0 aliphatic heterocycles. The van der Waals surface area contributed by atoms with E-state index in [1.54, 1.807) is 24.3 Å². The van der Waals surface area contributed by atoms with Gasteiger partial charge in [-0.25, -0.2) is 8.78 Å². The Morgan fingerprint density at radius 3 is 2.31 bits per heavy atom. The zero-order valence-electron chi connectivity index (χ0n) is 20.0. The molecule has 2 aromatic rings. The number of nitrogens with two attached hydrogens (primary N) is 1. The van der Waals surface area contributed by atoms with E-state index < -0.39 is 40.1 Å². The molecule has 4 N–H and O–H groups in total. The number of hydrogen-bond acceptors (Lipinski definition) is 5. The largest absolute Gasteiger partial charge is 0.497 e. The van der Waals surface area contributed by atoms with Gasteiger partial charge in [-0.2, -0.15) is 4.39 Å². The molecule has 1 aliphatic carbocycles. The number of carbonyl (C=O) groups is 1. The maximum Gasteiger partial charge on any atom is 0.254 e. The minimum atomic E-state index is -1.57. The lowest BCUT2D eigenvalue weighted by Crippen LogP contribution is -2.44. The third kappa shape index (κ3) is 5.80. The summed E-state index contributed by atoms with van der Waals surface area (Å²) in [4.78, 5) is 12.6. The van der Waals surface area contributed by atoms with E-state index in [-0.39, 0.29) is 24.4 Å². The highest BCUT2D eigenvalue weighted by Crippen LogP contribution is 2.45. The van der Waals surface area contributed by atoms with Crippen LogP contribution in [0.2, 0.25) is 0 Å². The van der Waals surface area contributed by atoms with Crippen LogP contribution in [0, 0.1) is 28.3 Å². The van der Waals surface area contributed by atoms with Crippen molar-refractivity contribution in [2.75, 3.05) is 13.7 Å². The zero-order valence-corrected chi connectivity index (χ0v) is 20.0. The number of methoxy groups -OCH3 is 1. The zero-order chi connectivity index (χ0) is 25.8. The summed E-state index contributed by atoms with van der Waals surface area (Å²) >= 11 is 0. The Kier molecular flexibility index (Phi) is 7.82. The summed E-state index contributed by atoms with van der Waals surface area (Å²) in [7, 11) is 1.51. The van der Waals surface area contributed by atoms with Crippen molar-refractivity contribution in [3.05, 3.63) is 58.9 Å². The molecule has 0 heterocycles. The summed E-state index contributed by atoms with van der Waals surface area (Å²) in [6.07, 6.45) is 2.58. The van der Waals surface area contributed by atoms with Gasteiger partial charge in [0.15, 0.2) is 17.4 Å². The van der Waals surface area contributed by atoms with Crippen LogP contribution in [0.5, 0.6) is 11.5 Å². The SMILES string of the molecule is COc1ccc(COc2c(F)cc(C(=O)NCC3(C)CCC(C)(C(N)=NO)CC3)c(F)c2F)cc1. The lowest BCUT2D eigenvalue weighted by atomic mass is 9.64. The first kappa shape index (κ1) is 26.2. The normalized spacial score (nSPS) is 22.5. The second-order valence-electron chi connectivity index (χ2n) is 9.54. The van der Waals surface area contributed by atoms with Crippen molar-refractivity contribution in [2.24, 2.45) is 21.7 Å². The summed E-state index contributed by atoms with van der Waals surface area (Å²) in [5.41, 5.74) is 4.87. The highest BCUT2D eigenvalue weighted by molar-refractivity contribution is 5.94. The van der Waals surface area contributed by atoms with Crippen molar-refractivity contribution in [1.29, 1.82) is 0 Å². The van der Waals surface area contributed by atoms with Crippen LogP contribution in [0.3, 0.4) is 0 Å². The highest BCUT2D eigenvalue weighted by atomic mass is 19.2. The van der Waals surface area contributed by atoms with E-state index >= 15 is 0 Å². The number of ether oxygens (including phenoxy) is 2. The predicted octanol–water partition coefficient (Wildman–Crippen LogP) is 4.75. The molecule has 1 amide bonds. The monoisotopic (exact) mass is 493 g/mol. The van der Waals surface area contributed by atoms with Gasteiger partial charge in [-0.1, -0.05) is 31.1 Å². The number of halogens is 3. The molecule has 0 unspecified atom stereocenters. The average Bonchev–Trinajstić information content (AvgIpc) is 2.86. The first-order valence-corrected chi connectivity index (χ1v) is 11.2. The van der Waals surface area contributed by atoms with Crippen LogP contribution >= 0.6 is 0 Å². The number of nitrogens with zero attached hydrogens (tertiary/aromatic N) is 1. The molecule has 10 heteroatoms. The van der Waals surface area contributed by atoms with Gasteiger partial charge in [-0.05, 0) is 54.9 Å². The molecule has 0 atom stereocenters. The number of oxime groups is 1. The van der Waals surface area contributed by atoms with E-state index in [1.807, 2.05) is 13.8 Å². The molecule has 0 aromatic heterocycles. The van der Waals surface area contributed by atoms with Crippen molar-refractivity contribution in [1.82, 2.24) is 5.32 Å². The van der Waals surface area contributed by atoms with Gasteiger partial charge in [0.2, 0.25) is 5.82 Å². The third-order valence-electron chi connectivity index (χ3n) is 6.87. The molecule has 0 radical (unpaired) electrons. The Hall–Kier alpha value is -3.43. The predicted molar refractivity (Wildman–Crippen MR) is 124 cm³/mol. The van der Waals surface area contributed by atoms with Gasteiger partial charge in [0.25, 0.3) is 5.91 Å². The van der Waals surface area contributed by atoms with E-state index in [1.165, 1.54) is 7.11 Å². The van der Waals surface area contributed by atoms with Crippen LogP contribution < -0.4 is 20.5 Å². The molecule has 190 valence electrons. The molecule has 1 saturated carbocycles. The van der Waals surface area contributed by atoms with Crippen molar-refractivity contribution < 1.29 is 32.6 Å². The molecule has 35 heavy (non-hydrogen) atoms. The average molecular weight is 494 g/mol. The van der Waals surface area contributed by atoms with E-state index in [4.69, 9.17) is 20.4 Å². The van der Waals surface area contributed by atoms with Gasteiger partial charge in [0, 0.05) is 12.0 Å². The number of nitrogens with one attached hydrogen (secondary N) is 1. The molecule has 0 spiro atoms. The smallest absolute Gasteiger partial charge is 0.254 e. The van der Waals surface area contributed by atoms with Crippen LogP contribution in [0.15, 0.2) is 35.5 Å². The Morgan fingerprint density at radius 2 is 1.74 bits per heavy atom. The molecular weight excluding hydrogens is 463 g/mol. The lowest BCUT2D eigenvalue weighted by molar-refractivity contribution is 0.0888. The second kappa shape index (κ2) is 10.5. The molecule has 7 nitrogen and oxygen atoms in total. The Labute approximate surface area is 202 Å². The van der Waals surface area contributed by atoms with Crippen molar-refractivity contribution in [3.8, 4) is 11.5 Å². The molecule has 0 bridgehead atoms. The Morgan fingerprint density at radius 1 is 1.11 bits per heavy atom. The van der Waals surface area contributed by atoms with Gasteiger partial charge in [-0.15, -0.1) is 0 Å². The Balaban J connectivity index is 1.65. The molecule has 0 saturated heterocycles. The van der Waals surface area contributed by atoms with Gasteiger partial charge >= 0.3 is 0 Å². The molecule has 1 aliphatic rings. The van der Waals surface area contributed by atoms with Crippen molar-refractivity contribution >= 4 is 11.7 Å². The summed E-state index contributed by atoms with van der Waals surface area (Å²) < 4.78 is 54.0. The van der Waals surface area contributed by atoms with Crippen LogP contribution in [-0.4, -0.2) is 30.6 Å². The molecule has 3 rings (SSSR count). The fraction of sp³-hybridized carbons (Fsp3) is 0.440. The molecular formula is C25H30F3N3O4. The van der Waals surface area contributed by atoms with Gasteiger partial charge < -0.3 is 25.7 Å². The number of benzene rings is 2. The molecule has 2 aromatic carbocycles. The fourth-order valence-electron chi connectivity index (χ4n) is 4.10. The van der Waals surface area contributed by atoms with Crippen molar-refractivity contribution in [3.63, 3.8) is 0 Å². The van der Waals surface area contributed by atoms with Crippen molar-refractivity contribution in [2.45, 2.75) is 46.1 Å².